The Kier molecular flexibility index (Phi) is 5.59. The van der Waals surface area contributed by atoms with Crippen LogP contribution >= 0.6 is 0 Å². The molecule has 1 aliphatic rings. The molecule has 1 saturated carbocycles. The lowest BCUT2D eigenvalue weighted by Gasteiger charge is -2.33. The standard InChI is InChI=1S/C13H22O5/c1-17-11(15)13(8-5-9-14,12(16)18-2)10-6-3-4-7-10/h10,14H,3-9H2,1-2H3. The van der Waals surface area contributed by atoms with E-state index >= 15 is 0 Å². The molecular weight excluding hydrogens is 236 g/mol. The maximum atomic E-state index is 12.1. The summed E-state index contributed by atoms with van der Waals surface area (Å²) in [5.74, 6) is -1.10. The Balaban J connectivity index is 3.06. The minimum Gasteiger partial charge on any atom is -0.468 e. The van der Waals surface area contributed by atoms with Gasteiger partial charge in [-0.25, -0.2) is 0 Å². The summed E-state index contributed by atoms with van der Waals surface area (Å²) in [6.45, 7) is -0.0531. The van der Waals surface area contributed by atoms with Gasteiger partial charge in [0.25, 0.3) is 0 Å². The van der Waals surface area contributed by atoms with E-state index in [9.17, 15) is 9.59 Å². The fraction of sp³-hybridized carbons (Fsp3) is 0.846. The third kappa shape index (κ3) is 2.66. The number of rotatable bonds is 6. The van der Waals surface area contributed by atoms with Crippen LogP contribution in [-0.4, -0.2) is 37.9 Å². The molecule has 0 unspecified atom stereocenters. The fourth-order valence-electron chi connectivity index (χ4n) is 2.97. The molecule has 0 saturated heterocycles. The van der Waals surface area contributed by atoms with Crippen molar-refractivity contribution in [2.45, 2.75) is 38.5 Å². The van der Waals surface area contributed by atoms with Gasteiger partial charge in [0.05, 0.1) is 14.2 Å². The lowest BCUT2D eigenvalue weighted by Crippen LogP contribution is -2.46. The highest BCUT2D eigenvalue weighted by Crippen LogP contribution is 2.45. The molecule has 0 spiro atoms. The number of esters is 2. The highest BCUT2D eigenvalue weighted by molar-refractivity contribution is 6.00. The Morgan fingerprint density at radius 2 is 1.67 bits per heavy atom. The number of ether oxygens (including phenoxy) is 2. The summed E-state index contributed by atoms with van der Waals surface area (Å²) in [6.07, 6.45) is 4.36. The zero-order valence-corrected chi connectivity index (χ0v) is 11.1. The first-order valence-electron chi connectivity index (χ1n) is 6.41. The molecule has 1 aliphatic carbocycles. The lowest BCUT2D eigenvalue weighted by molar-refractivity contribution is -0.174. The van der Waals surface area contributed by atoms with Gasteiger partial charge in [0.2, 0.25) is 0 Å². The molecular formula is C13H22O5. The predicted molar refractivity (Wildman–Crippen MR) is 64.7 cm³/mol. The summed E-state index contributed by atoms with van der Waals surface area (Å²) in [4.78, 5) is 24.2. The van der Waals surface area contributed by atoms with E-state index < -0.39 is 17.4 Å². The molecule has 0 aliphatic heterocycles. The summed E-state index contributed by atoms with van der Waals surface area (Å²) >= 11 is 0. The van der Waals surface area contributed by atoms with Crippen molar-refractivity contribution in [3.05, 3.63) is 0 Å². The molecule has 0 aromatic heterocycles. The molecule has 0 heterocycles. The lowest BCUT2D eigenvalue weighted by atomic mass is 9.71. The number of carbonyl (C=O) groups is 2. The Morgan fingerprint density at radius 1 is 1.17 bits per heavy atom. The van der Waals surface area contributed by atoms with Gasteiger partial charge in [-0.3, -0.25) is 9.59 Å². The van der Waals surface area contributed by atoms with Crippen LogP contribution in [-0.2, 0) is 19.1 Å². The summed E-state index contributed by atoms with van der Waals surface area (Å²) in [5, 5.41) is 8.98. The topological polar surface area (TPSA) is 72.8 Å². The smallest absolute Gasteiger partial charge is 0.323 e. The van der Waals surface area contributed by atoms with Crippen molar-refractivity contribution in [2.75, 3.05) is 20.8 Å². The van der Waals surface area contributed by atoms with Gasteiger partial charge in [0, 0.05) is 6.61 Å². The monoisotopic (exact) mass is 258 g/mol. The Bertz CT molecular complexity index is 278. The normalized spacial score (nSPS) is 16.6. The van der Waals surface area contributed by atoms with Crippen molar-refractivity contribution in [1.29, 1.82) is 0 Å². The summed E-state index contributed by atoms with van der Waals surface area (Å²) < 4.78 is 9.65. The van der Waals surface area contributed by atoms with Crippen molar-refractivity contribution >= 4 is 11.9 Å². The van der Waals surface area contributed by atoms with Crippen molar-refractivity contribution < 1.29 is 24.2 Å². The Hall–Kier alpha value is -1.10. The first-order valence-corrected chi connectivity index (χ1v) is 6.41. The maximum absolute atomic E-state index is 12.1. The largest absolute Gasteiger partial charge is 0.468 e. The van der Waals surface area contributed by atoms with Crippen LogP contribution in [0.3, 0.4) is 0 Å². The van der Waals surface area contributed by atoms with Gasteiger partial charge >= 0.3 is 11.9 Å². The van der Waals surface area contributed by atoms with E-state index in [4.69, 9.17) is 14.6 Å². The van der Waals surface area contributed by atoms with E-state index in [2.05, 4.69) is 0 Å². The van der Waals surface area contributed by atoms with Crippen LogP contribution in [0, 0.1) is 11.3 Å². The number of carbonyl (C=O) groups excluding carboxylic acids is 2. The van der Waals surface area contributed by atoms with Gasteiger partial charge in [-0.1, -0.05) is 12.8 Å². The van der Waals surface area contributed by atoms with Crippen LogP contribution in [0.15, 0.2) is 0 Å². The number of aliphatic hydroxyl groups is 1. The van der Waals surface area contributed by atoms with Crippen molar-refractivity contribution in [3.63, 3.8) is 0 Å². The molecule has 104 valence electrons. The summed E-state index contributed by atoms with van der Waals surface area (Å²) in [6, 6.07) is 0. The number of methoxy groups -OCH3 is 2. The Morgan fingerprint density at radius 3 is 2.06 bits per heavy atom. The highest BCUT2D eigenvalue weighted by Gasteiger charge is 2.54. The van der Waals surface area contributed by atoms with E-state index in [0.717, 1.165) is 25.7 Å². The molecule has 1 rings (SSSR count). The van der Waals surface area contributed by atoms with E-state index in [1.807, 2.05) is 0 Å². The van der Waals surface area contributed by atoms with Crippen LogP contribution in [0.5, 0.6) is 0 Å². The summed E-state index contributed by atoms with van der Waals surface area (Å²) in [5.41, 5.74) is -1.23. The average Bonchev–Trinajstić information content (AvgIpc) is 2.93. The molecule has 0 aromatic rings. The molecule has 0 amide bonds. The molecule has 0 radical (unpaired) electrons. The summed E-state index contributed by atoms with van der Waals surface area (Å²) in [7, 11) is 2.57. The molecule has 0 atom stereocenters. The van der Waals surface area contributed by atoms with E-state index in [0.29, 0.717) is 6.42 Å². The van der Waals surface area contributed by atoms with Gasteiger partial charge in [-0.05, 0) is 31.6 Å². The molecule has 0 bridgehead atoms. The van der Waals surface area contributed by atoms with E-state index in [-0.39, 0.29) is 18.9 Å². The molecule has 0 aromatic carbocycles. The quantitative estimate of drug-likeness (QED) is 0.574. The fourth-order valence-corrected chi connectivity index (χ4v) is 2.97. The molecule has 1 N–H and O–H groups in total. The molecule has 1 fully saturated rings. The van der Waals surface area contributed by atoms with Crippen LogP contribution in [0.4, 0.5) is 0 Å². The zero-order valence-electron chi connectivity index (χ0n) is 11.1. The van der Waals surface area contributed by atoms with Crippen LogP contribution in [0.25, 0.3) is 0 Å². The van der Waals surface area contributed by atoms with Crippen LogP contribution < -0.4 is 0 Å². The van der Waals surface area contributed by atoms with E-state index in [1.165, 1.54) is 14.2 Å². The SMILES string of the molecule is COC(=O)C(CCCO)(C(=O)OC)C1CCCC1. The molecule has 18 heavy (non-hydrogen) atoms. The van der Waals surface area contributed by atoms with Gasteiger partial charge < -0.3 is 14.6 Å². The molecule has 5 heteroatoms. The number of aliphatic hydroxyl groups excluding tert-OH is 1. The molecule has 5 nitrogen and oxygen atoms in total. The van der Waals surface area contributed by atoms with Crippen LogP contribution in [0.2, 0.25) is 0 Å². The van der Waals surface area contributed by atoms with E-state index in [1.54, 1.807) is 0 Å². The van der Waals surface area contributed by atoms with Gasteiger partial charge in [-0.2, -0.15) is 0 Å². The van der Waals surface area contributed by atoms with Crippen molar-refractivity contribution in [3.8, 4) is 0 Å². The van der Waals surface area contributed by atoms with Crippen molar-refractivity contribution in [2.24, 2.45) is 11.3 Å². The maximum Gasteiger partial charge on any atom is 0.323 e. The third-order valence-electron chi connectivity index (χ3n) is 3.88. The Labute approximate surface area is 107 Å². The third-order valence-corrected chi connectivity index (χ3v) is 3.88. The zero-order chi connectivity index (χ0) is 13.6. The van der Waals surface area contributed by atoms with Gasteiger partial charge in [0.15, 0.2) is 5.41 Å². The van der Waals surface area contributed by atoms with Gasteiger partial charge in [0.1, 0.15) is 0 Å². The first-order chi connectivity index (χ1) is 8.63. The van der Waals surface area contributed by atoms with Crippen molar-refractivity contribution in [1.82, 2.24) is 0 Å². The van der Waals surface area contributed by atoms with Crippen LogP contribution in [0.1, 0.15) is 38.5 Å². The average molecular weight is 258 g/mol. The highest BCUT2D eigenvalue weighted by atomic mass is 16.5. The first kappa shape index (κ1) is 15.0. The minimum atomic E-state index is -1.23. The second-order valence-corrected chi connectivity index (χ2v) is 4.76. The predicted octanol–water partition coefficient (Wildman–Crippen LogP) is 1.28. The second kappa shape index (κ2) is 6.73. The number of hydrogen-bond acceptors (Lipinski definition) is 5. The minimum absolute atomic E-state index is 0.0380. The second-order valence-electron chi connectivity index (χ2n) is 4.76. The number of hydrogen-bond donors (Lipinski definition) is 1. The van der Waals surface area contributed by atoms with Gasteiger partial charge in [-0.15, -0.1) is 0 Å².